The molecular formula is C16H14FN7. The molecule has 4 aromatic rings. The van der Waals surface area contributed by atoms with Gasteiger partial charge in [0.1, 0.15) is 23.2 Å². The molecule has 0 amide bonds. The van der Waals surface area contributed by atoms with Gasteiger partial charge in [-0.15, -0.1) is 0 Å². The topological polar surface area (TPSA) is 85.2 Å². The van der Waals surface area contributed by atoms with Gasteiger partial charge in [-0.25, -0.2) is 19.3 Å². The monoisotopic (exact) mass is 323 g/mol. The van der Waals surface area contributed by atoms with Crippen LogP contribution in [0.1, 0.15) is 17.2 Å². The molecule has 0 unspecified atom stereocenters. The molecule has 0 aliphatic carbocycles. The zero-order valence-electron chi connectivity index (χ0n) is 13.2. The van der Waals surface area contributed by atoms with E-state index in [0.717, 1.165) is 10.9 Å². The zero-order valence-corrected chi connectivity index (χ0v) is 13.2. The average molecular weight is 323 g/mol. The number of fused-ring (bicyclic) bond motifs is 1. The summed E-state index contributed by atoms with van der Waals surface area (Å²) in [5.74, 6) is 1.57. The number of hydrogen-bond acceptors (Lipinski definition) is 5. The van der Waals surface area contributed by atoms with Crippen molar-refractivity contribution in [1.29, 1.82) is 0 Å². The van der Waals surface area contributed by atoms with Crippen LogP contribution in [0.4, 0.5) is 4.39 Å². The molecule has 1 N–H and O–H groups in total. The maximum absolute atomic E-state index is 13.7. The molecule has 0 saturated heterocycles. The van der Waals surface area contributed by atoms with Gasteiger partial charge in [-0.05, 0) is 32.0 Å². The Morgan fingerprint density at radius 3 is 2.62 bits per heavy atom. The third kappa shape index (κ3) is 2.51. The number of nitrogens with one attached hydrogen (secondary N) is 1. The minimum Gasteiger partial charge on any atom is -0.259 e. The lowest BCUT2D eigenvalue weighted by Gasteiger charge is -2.03. The summed E-state index contributed by atoms with van der Waals surface area (Å²) in [4.78, 5) is 12.7. The van der Waals surface area contributed by atoms with Gasteiger partial charge in [-0.3, -0.25) is 9.78 Å². The lowest BCUT2D eigenvalue weighted by molar-refractivity contribution is 0.626. The molecule has 0 bridgehead atoms. The second-order valence-electron chi connectivity index (χ2n) is 5.54. The molecule has 0 saturated carbocycles. The van der Waals surface area contributed by atoms with E-state index < -0.39 is 0 Å². The summed E-state index contributed by atoms with van der Waals surface area (Å²) in [6.07, 6.45) is 3.49. The maximum atomic E-state index is 13.7. The molecule has 0 atom stereocenters. The van der Waals surface area contributed by atoms with E-state index >= 15 is 0 Å². The highest BCUT2D eigenvalue weighted by Crippen LogP contribution is 2.26. The number of hydrogen-bond donors (Lipinski definition) is 1. The highest BCUT2D eigenvalue weighted by Gasteiger charge is 2.16. The van der Waals surface area contributed by atoms with Crippen LogP contribution in [0.25, 0.3) is 22.4 Å². The zero-order chi connectivity index (χ0) is 16.7. The summed E-state index contributed by atoms with van der Waals surface area (Å²) in [6.45, 7) is 4.06. The second-order valence-corrected chi connectivity index (χ2v) is 5.54. The van der Waals surface area contributed by atoms with E-state index in [1.807, 2.05) is 6.92 Å². The standard InChI is InChI=1S/C16H14FN7/c1-9-18-6-11(7-19-9)8-24-14-5-12(17)3-4-13(14)15(23-24)16-20-10(2)21-22-16/h3-7H,8H2,1-2H3,(H,20,21,22). The molecule has 0 spiro atoms. The normalized spacial score (nSPS) is 11.3. The van der Waals surface area contributed by atoms with Crippen molar-refractivity contribution in [3.8, 4) is 11.5 Å². The second kappa shape index (κ2) is 5.48. The lowest BCUT2D eigenvalue weighted by atomic mass is 10.2. The van der Waals surface area contributed by atoms with Crippen molar-refractivity contribution in [2.24, 2.45) is 0 Å². The Hall–Kier alpha value is -3.16. The minimum atomic E-state index is -0.316. The summed E-state index contributed by atoms with van der Waals surface area (Å²) < 4.78 is 15.4. The van der Waals surface area contributed by atoms with E-state index in [1.54, 1.807) is 30.1 Å². The number of halogens is 1. The number of H-pyrrole nitrogens is 1. The average Bonchev–Trinajstić information content (AvgIpc) is 3.14. The van der Waals surface area contributed by atoms with Crippen molar-refractivity contribution >= 4 is 10.9 Å². The van der Waals surface area contributed by atoms with Gasteiger partial charge in [-0.1, -0.05) is 0 Å². The summed E-state index contributed by atoms with van der Waals surface area (Å²) in [5.41, 5.74) is 2.20. The molecule has 7 nitrogen and oxygen atoms in total. The summed E-state index contributed by atoms with van der Waals surface area (Å²) >= 11 is 0. The van der Waals surface area contributed by atoms with Crippen LogP contribution >= 0.6 is 0 Å². The van der Waals surface area contributed by atoms with Crippen molar-refractivity contribution in [2.75, 3.05) is 0 Å². The van der Waals surface area contributed by atoms with E-state index in [-0.39, 0.29) is 5.82 Å². The largest absolute Gasteiger partial charge is 0.259 e. The predicted octanol–water partition coefficient (Wildman–Crippen LogP) is 2.42. The highest BCUT2D eigenvalue weighted by atomic mass is 19.1. The Morgan fingerprint density at radius 2 is 1.92 bits per heavy atom. The smallest absolute Gasteiger partial charge is 0.176 e. The minimum absolute atomic E-state index is 0.316. The van der Waals surface area contributed by atoms with Gasteiger partial charge in [0, 0.05) is 23.3 Å². The third-order valence-electron chi connectivity index (χ3n) is 3.70. The van der Waals surface area contributed by atoms with Crippen LogP contribution < -0.4 is 0 Å². The molecule has 3 aromatic heterocycles. The highest BCUT2D eigenvalue weighted by molar-refractivity contribution is 5.91. The van der Waals surface area contributed by atoms with Crippen molar-refractivity contribution in [1.82, 2.24) is 34.9 Å². The SMILES string of the molecule is Cc1ncc(Cn2nc(-c3nc(C)n[nH]3)c3ccc(F)cc32)cn1. The molecule has 8 heteroatoms. The quantitative estimate of drug-likeness (QED) is 0.626. The number of rotatable bonds is 3. The van der Waals surface area contributed by atoms with Gasteiger partial charge < -0.3 is 0 Å². The third-order valence-corrected chi connectivity index (χ3v) is 3.70. The van der Waals surface area contributed by atoms with Gasteiger partial charge in [0.05, 0.1) is 12.1 Å². The number of nitrogens with zero attached hydrogens (tertiary/aromatic N) is 6. The molecule has 0 aliphatic rings. The van der Waals surface area contributed by atoms with Gasteiger partial charge in [0.25, 0.3) is 0 Å². The van der Waals surface area contributed by atoms with Gasteiger partial charge in [-0.2, -0.15) is 10.2 Å². The number of benzene rings is 1. The Balaban J connectivity index is 1.85. The number of aromatic amines is 1. The van der Waals surface area contributed by atoms with E-state index in [0.29, 0.717) is 35.2 Å². The van der Waals surface area contributed by atoms with Crippen LogP contribution in [-0.2, 0) is 6.54 Å². The van der Waals surface area contributed by atoms with E-state index in [9.17, 15) is 4.39 Å². The van der Waals surface area contributed by atoms with Crippen LogP contribution in [0.2, 0.25) is 0 Å². The van der Waals surface area contributed by atoms with Crippen molar-refractivity contribution < 1.29 is 4.39 Å². The Morgan fingerprint density at radius 1 is 1.12 bits per heavy atom. The lowest BCUT2D eigenvalue weighted by Crippen LogP contribution is -2.03. The Kier molecular flexibility index (Phi) is 3.30. The van der Waals surface area contributed by atoms with Crippen molar-refractivity contribution in [2.45, 2.75) is 20.4 Å². The van der Waals surface area contributed by atoms with Crippen molar-refractivity contribution in [3.63, 3.8) is 0 Å². The molecule has 3 heterocycles. The van der Waals surface area contributed by atoms with Crippen LogP contribution in [0.15, 0.2) is 30.6 Å². The number of aryl methyl sites for hydroxylation is 2. The van der Waals surface area contributed by atoms with Crippen LogP contribution in [0.5, 0.6) is 0 Å². The first-order chi connectivity index (χ1) is 11.6. The molecular weight excluding hydrogens is 309 g/mol. The molecule has 120 valence electrons. The first-order valence-corrected chi connectivity index (χ1v) is 7.43. The molecule has 4 rings (SSSR count). The molecule has 0 radical (unpaired) electrons. The van der Waals surface area contributed by atoms with E-state index in [4.69, 9.17) is 0 Å². The molecule has 0 aliphatic heterocycles. The fraction of sp³-hybridized carbons (Fsp3) is 0.188. The van der Waals surface area contributed by atoms with Gasteiger partial charge in [0.2, 0.25) is 0 Å². The van der Waals surface area contributed by atoms with Gasteiger partial charge >= 0.3 is 0 Å². The first-order valence-electron chi connectivity index (χ1n) is 7.43. The predicted molar refractivity (Wildman–Crippen MR) is 85.7 cm³/mol. The first kappa shape index (κ1) is 14.4. The molecule has 24 heavy (non-hydrogen) atoms. The van der Waals surface area contributed by atoms with Crippen LogP contribution in [0, 0.1) is 19.7 Å². The summed E-state index contributed by atoms with van der Waals surface area (Å²) in [7, 11) is 0. The van der Waals surface area contributed by atoms with E-state index in [2.05, 4.69) is 30.2 Å². The maximum Gasteiger partial charge on any atom is 0.176 e. The summed E-state index contributed by atoms with van der Waals surface area (Å²) in [6, 6.07) is 4.58. The Bertz CT molecular complexity index is 1020. The van der Waals surface area contributed by atoms with Crippen LogP contribution in [-0.4, -0.2) is 34.9 Å². The summed E-state index contributed by atoms with van der Waals surface area (Å²) in [5, 5.41) is 12.3. The van der Waals surface area contributed by atoms with Gasteiger partial charge in [0.15, 0.2) is 5.82 Å². The molecule has 0 fully saturated rings. The van der Waals surface area contributed by atoms with Crippen molar-refractivity contribution in [3.05, 3.63) is 53.6 Å². The molecule has 1 aromatic carbocycles. The fourth-order valence-corrected chi connectivity index (χ4v) is 2.57. The van der Waals surface area contributed by atoms with Crippen LogP contribution in [0.3, 0.4) is 0 Å². The van der Waals surface area contributed by atoms with E-state index in [1.165, 1.54) is 12.1 Å². The number of aromatic nitrogens is 7. The fourth-order valence-electron chi connectivity index (χ4n) is 2.57. The Labute approximate surface area is 136 Å².